The highest BCUT2D eigenvalue weighted by Gasteiger charge is 2.27. The lowest BCUT2D eigenvalue weighted by atomic mass is 10.2. The van der Waals surface area contributed by atoms with Gasteiger partial charge in [-0.25, -0.2) is 0 Å². The number of carbonyl (C=O) groups excluding carboxylic acids is 1. The van der Waals surface area contributed by atoms with Gasteiger partial charge in [0.15, 0.2) is 0 Å². The molecule has 1 unspecified atom stereocenters. The van der Waals surface area contributed by atoms with Gasteiger partial charge in [-0.05, 0) is 49.5 Å². The van der Waals surface area contributed by atoms with Crippen molar-refractivity contribution in [2.45, 2.75) is 24.1 Å². The van der Waals surface area contributed by atoms with E-state index in [-0.39, 0.29) is 11.3 Å². The molecule has 4 nitrogen and oxygen atoms in total. The number of amides is 1. The van der Waals surface area contributed by atoms with Gasteiger partial charge in [0.2, 0.25) is 5.91 Å². The number of para-hydroxylation sites is 1. The molecule has 1 heterocycles. The molecule has 0 radical (unpaired) electrons. The van der Waals surface area contributed by atoms with Gasteiger partial charge in [0.1, 0.15) is 0 Å². The van der Waals surface area contributed by atoms with Crippen molar-refractivity contribution in [2.75, 3.05) is 22.1 Å². The van der Waals surface area contributed by atoms with Crippen molar-refractivity contribution >= 4 is 34.7 Å². The third kappa shape index (κ3) is 3.74. The fraction of sp³-hybridized carbons (Fsp3) is 0.211. The standard InChI is InChI=1S/C19H21N3OS/c1-3-22-17-10-9-16(21-14(2)23)13-18(17)24-19(22)11-12-20-15-7-5-4-6-8-15/h4-13,19-20H,3H2,1-2H3,(H,21,23)/b12-11+. The zero-order valence-electron chi connectivity index (χ0n) is 13.8. The average molecular weight is 339 g/mol. The summed E-state index contributed by atoms with van der Waals surface area (Å²) in [5.74, 6) is -0.0474. The highest BCUT2D eigenvalue weighted by atomic mass is 32.2. The number of rotatable bonds is 5. The first-order chi connectivity index (χ1) is 11.7. The summed E-state index contributed by atoms with van der Waals surface area (Å²) in [7, 11) is 0. The van der Waals surface area contributed by atoms with Crippen molar-refractivity contribution in [3.05, 3.63) is 60.8 Å². The van der Waals surface area contributed by atoms with Crippen LogP contribution in [0.2, 0.25) is 0 Å². The molecule has 2 aromatic rings. The predicted molar refractivity (Wildman–Crippen MR) is 103 cm³/mol. The first-order valence-electron chi connectivity index (χ1n) is 8.00. The molecular weight excluding hydrogens is 318 g/mol. The van der Waals surface area contributed by atoms with Crippen LogP contribution in [0.15, 0.2) is 65.7 Å². The van der Waals surface area contributed by atoms with E-state index >= 15 is 0 Å². The summed E-state index contributed by atoms with van der Waals surface area (Å²) in [6.07, 6.45) is 4.16. The maximum Gasteiger partial charge on any atom is 0.221 e. The van der Waals surface area contributed by atoms with E-state index in [1.54, 1.807) is 11.8 Å². The van der Waals surface area contributed by atoms with Crippen molar-refractivity contribution < 1.29 is 4.79 Å². The number of nitrogens with one attached hydrogen (secondary N) is 2. The molecule has 24 heavy (non-hydrogen) atoms. The van der Waals surface area contributed by atoms with Gasteiger partial charge < -0.3 is 15.5 Å². The van der Waals surface area contributed by atoms with E-state index in [2.05, 4.69) is 34.6 Å². The summed E-state index contributed by atoms with van der Waals surface area (Å²) >= 11 is 1.79. The first kappa shape index (κ1) is 16.5. The van der Waals surface area contributed by atoms with Crippen LogP contribution >= 0.6 is 11.8 Å². The topological polar surface area (TPSA) is 44.4 Å². The van der Waals surface area contributed by atoms with Crippen LogP contribution in [0.25, 0.3) is 0 Å². The number of carbonyl (C=O) groups is 1. The lowest BCUT2D eigenvalue weighted by Crippen LogP contribution is -2.27. The third-order valence-corrected chi connectivity index (χ3v) is 5.00. The molecule has 0 saturated carbocycles. The Hall–Kier alpha value is -2.40. The molecule has 0 saturated heterocycles. The quantitative estimate of drug-likeness (QED) is 0.840. The number of anilines is 3. The van der Waals surface area contributed by atoms with E-state index in [1.807, 2.05) is 48.7 Å². The third-order valence-electron chi connectivity index (χ3n) is 3.77. The summed E-state index contributed by atoms with van der Waals surface area (Å²) in [5.41, 5.74) is 3.13. The maximum atomic E-state index is 11.2. The van der Waals surface area contributed by atoms with E-state index in [0.29, 0.717) is 0 Å². The molecule has 0 fully saturated rings. The van der Waals surface area contributed by atoms with Gasteiger partial charge in [0, 0.05) is 29.7 Å². The van der Waals surface area contributed by atoms with Crippen LogP contribution in [0.4, 0.5) is 17.1 Å². The number of fused-ring (bicyclic) bond motifs is 1. The summed E-state index contributed by atoms with van der Waals surface area (Å²) in [4.78, 5) is 14.8. The lowest BCUT2D eigenvalue weighted by Gasteiger charge is -2.22. The van der Waals surface area contributed by atoms with E-state index in [4.69, 9.17) is 0 Å². The minimum Gasteiger partial charge on any atom is -0.362 e. The Morgan fingerprint density at radius 2 is 2.00 bits per heavy atom. The van der Waals surface area contributed by atoms with Gasteiger partial charge in [-0.1, -0.05) is 30.0 Å². The second kappa shape index (κ2) is 7.45. The Morgan fingerprint density at radius 3 is 2.71 bits per heavy atom. The van der Waals surface area contributed by atoms with Crippen molar-refractivity contribution in [1.29, 1.82) is 0 Å². The lowest BCUT2D eigenvalue weighted by molar-refractivity contribution is -0.114. The minimum absolute atomic E-state index is 0.0474. The Balaban J connectivity index is 1.72. The minimum atomic E-state index is -0.0474. The number of hydrogen-bond donors (Lipinski definition) is 2. The van der Waals surface area contributed by atoms with Crippen LogP contribution in [0.5, 0.6) is 0 Å². The van der Waals surface area contributed by atoms with Gasteiger partial charge in [-0.2, -0.15) is 0 Å². The molecule has 2 aromatic carbocycles. The van der Waals surface area contributed by atoms with Gasteiger partial charge >= 0.3 is 0 Å². The Labute approximate surface area is 146 Å². The van der Waals surface area contributed by atoms with Gasteiger partial charge in [-0.3, -0.25) is 4.79 Å². The molecule has 1 atom stereocenters. The van der Waals surface area contributed by atoms with Crippen molar-refractivity contribution in [3.8, 4) is 0 Å². The Bertz CT molecular complexity index is 746. The van der Waals surface area contributed by atoms with Crippen LogP contribution in [0.1, 0.15) is 13.8 Å². The van der Waals surface area contributed by atoms with E-state index < -0.39 is 0 Å². The molecule has 1 aliphatic heterocycles. The maximum absolute atomic E-state index is 11.2. The molecule has 0 aromatic heterocycles. The predicted octanol–water partition coefficient (Wildman–Crippen LogP) is 4.53. The van der Waals surface area contributed by atoms with Crippen molar-refractivity contribution in [3.63, 3.8) is 0 Å². The summed E-state index contributed by atoms with van der Waals surface area (Å²) in [6, 6.07) is 16.2. The Kier molecular flexibility index (Phi) is 5.11. The Morgan fingerprint density at radius 1 is 1.21 bits per heavy atom. The number of hydrogen-bond acceptors (Lipinski definition) is 4. The molecule has 0 bridgehead atoms. The second-order valence-electron chi connectivity index (χ2n) is 5.53. The molecule has 1 aliphatic rings. The number of benzene rings is 2. The van der Waals surface area contributed by atoms with Gasteiger partial charge in [0.05, 0.1) is 11.1 Å². The summed E-state index contributed by atoms with van der Waals surface area (Å²) < 4.78 is 0. The fourth-order valence-corrected chi connectivity index (χ4v) is 4.02. The zero-order chi connectivity index (χ0) is 16.9. The zero-order valence-corrected chi connectivity index (χ0v) is 14.6. The van der Waals surface area contributed by atoms with E-state index in [1.165, 1.54) is 17.5 Å². The van der Waals surface area contributed by atoms with Crippen molar-refractivity contribution in [1.82, 2.24) is 0 Å². The molecule has 5 heteroatoms. The fourth-order valence-electron chi connectivity index (χ4n) is 2.71. The van der Waals surface area contributed by atoms with Crippen LogP contribution in [0, 0.1) is 0 Å². The average Bonchev–Trinajstić information content (AvgIpc) is 2.92. The summed E-state index contributed by atoms with van der Waals surface area (Å²) in [6.45, 7) is 4.61. The van der Waals surface area contributed by atoms with Gasteiger partial charge in [-0.15, -0.1) is 0 Å². The molecule has 1 amide bonds. The van der Waals surface area contributed by atoms with Crippen LogP contribution in [-0.2, 0) is 4.79 Å². The SMILES string of the molecule is CCN1c2ccc(NC(C)=O)cc2SC1/C=C/Nc1ccccc1. The second-order valence-corrected chi connectivity index (χ2v) is 6.69. The molecular formula is C19H21N3OS. The molecule has 2 N–H and O–H groups in total. The van der Waals surface area contributed by atoms with Crippen LogP contribution in [0.3, 0.4) is 0 Å². The largest absolute Gasteiger partial charge is 0.362 e. The number of thioether (sulfide) groups is 1. The smallest absolute Gasteiger partial charge is 0.221 e. The van der Waals surface area contributed by atoms with Crippen LogP contribution in [-0.4, -0.2) is 17.8 Å². The monoisotopic (exact) mass is 339 g/mol. The van der Waals surface area contributed by atoms with E-state index in [9.17, 15) is 4.79 Å². The number of likely N-dealkylation sites (N-methyl/N-ethyl adjacent to an activating group) is 1. The highest BCUT2D eigenvalue weighted by molar-refractivity contribution is 8.00. The molecule has 0 aliphatic carbocycles. The molecule has 3 rings (SSSR count). The summed E-state index contributed by atoms with van der Waals surface area (Å²) in [5, 5.41) is 6.39. The first-order valence-corrected chi connectivity index (χ1v) is 8.88. The normalized spacial score (nSPS) is 16.2. The van der Waals surface area contributed by atoms with Crippen molar-refractivity contribution in [2.24, 2.45) is 0 Å². The van der Waals surface area contributed by atoms with Gasteiger partial charge in [0.25, 0.3) is 0 Å². The number of nitrogens with zero attached hydrogens (tertiary/aromatic N) is 1. The molecule has 124 valence electrons. The molecule has 0 spiro atoms. The van der Waals surface area contributed by atoms with Crippen LogP contribution < -0.4 is 15.5 Å². The van der Waals surface area contributed by atoms with E-state index in [0.717, 1.165) is 17.9 Å². The highest BCUT2D eigenvalue weighted by Crippen LogP contribution is 2.44.